The van der Waals surface area contributed by atoms with E-state index in [4.69, 9.17) is 0 Å². The van der Waals surface area contributed by atoms with Crippen LogP contribution in [0.2, 0.25) is 0 Å². The van der Waals surface area contributed by atoms with Crippen molar-refractivity contribution >= 4 is 11.7 Å². The molecule has 4 aromatic heterocycles. The number of pyridine rings is 1. The summed E-state index contributed by atoms with van der Waals surface area (Å²) in [4.78, 5) is 33.2. The molecule has 1 amide bonds. The van der Waals surface area contributed by atoms with E-state index in [9.17, 15) is 4.79 Å². The number of carbonyl (C=O) groups is 1. The number of amides is 1. The van der Waals surface area contributed by atoms with Gasteiger partial charge in [0.1, 0.15) is 18.2 Å². The van der Waals surface area contributed by atoms with E-state index in [2.05, 4.69) is 35.3 Å². The first-order valence-corrected chi connectivity index (χ1v) is 8.52. The second-order valence-electron chi connectivity index (χ2n) is 5.99. The van der Waals surface area contributed by atoms with Gasteiger partial charge in [-0.05, 0) is 25.1 Å². The third-order valence-corrected chi connectivity index (χ3v) is 3.90. The van der Waals surface area contributed by atoms with Crippen molar-refractivity contribution in [3.05, 3.63) is 67.4 Å². The molecule has 0 saturated heterocycles. The first-order chi connectivity index (χ1) is 13.7. The monoisotopic (exact) mass is 372 g/mol. The van der Waals surface area contributed by atoms with Gasteiger partial charge in [0.2, 0.25) is 5.91 Å². The van der Waals surface area contributed by atoms with E-state index in [-0.39, 0.29) is 12.5 Å². The Morgan fingerprint density at radius 1 is 0.964 bits per heavy atom. The minimum absolute atomic E-state index is 0.0671. The number of rotatable bonds is 5. The number of hydrogen-bond donors (Lipinski definition) is 1. The maximum Gasteiger partial charge on any atom is 0.247 e. The van der Waals surface area contributed by atoms with Gasteiger partial charge in [-0.25, -0.2) is 15.0 Å². The highest BCUT2D eigenvalue weighted by atomic mass is 16.2. The molecular weight excluding hydrogens is 356 g/mol. The van der Waals surface area contributed by atoms with E-state index >= 15 is 0 Å². The molecule has 9 nitrogen and oxygen atoms in total. The van der Waals surface area contributed by atoms with Crippen LogP contribution in [0.15, 0.2) is 61.6 Å². The van der Waals surface area contributed by atoms with E-state index in [1.165, 1.54) is 0 Å². The first kappa shape index (κ1) is 17.4. The predicted octanol–water partition coefficient (Wildman–Crippen LogP) is 2.14. The molecule has 4 rings (SSSR count). The SMILES string of the molecule is Cc1nccc(-c2cnn(CC(=O)Nc3ccc(-c4cnccn4)cn3)c2)n1. The maximum absolute atomic E-state index is 12.3. The van der Waals surface area contributed by atoms with E-state index in [1.807, 2.05) is 13.0 Å². The number of hydrogen-bond acceptors (Lipinski definition) is 7. The lowest BCUT2D eigenvalue weighted by atomic mass is 10.2. The summed E-state index contributed by atoms with van der Waals surface area (Å²) in [7, 11) is 0. The van der Waals surface area contributed by atoms with Crippen molar-refractivity contribution in [1.82, 2.24) is 34.7 Å². The van der Waals surface area contributed by atoms with Crippen molar-refractivity contribution in [2.24, 2.45) is 0 Å². The van der Waals surface area contributed by atoms with Gasteiger partial charge < -0.3 is 5.32 Å². The lowest BCUT2D eigenvalue weighted by Gasteiger charge is -2.05. The number of nitrogens with one attached hydrogen (secondary N) is 1. The number of aromatic nitrogens is 7. The molecule has 0 unspecified atom stereocenters. The van der Waals surface area contributed by atoms with Gasteiger partial charge in [0, 0.05) is 42.1 Å². The number of nitrogens with zero attached hydrogens (tertiary/aromatic N) is 7. The Morgan fingerprint density at radius 3 is 2.64 bits per heavy atom. The number of aryl methyl sites for hydroxylation is 1. The number of carbonyl (C=O) groups excluding carboxylic acids is 1. The van der Waals surface area contributed by atoms with Crippen LogP contribution in [-0.4, -0.2) is 40.6 Å². The Bertz CT molecular complexity index is 1090. The average molecular weight is 372 g/mol. The molecule has 0 fully saturated rings. The summed E-state index contributed by atoms with van der Waals surface area (Å²) in [6.07, 6.45) is 11.7. The van der Waals surface area contributed by atoms with Crippen molar-refractivity contribution in [1.29, 1.82) is 0 Å². The highest BCUT2D eigenvalue weighted by Crippen LogP contribution is 2.17. The second-order valence-corrected chi connectivity index (χ2v) is 5.99. The molecule has 0 aliphatic rings. The minimum atomic E-state index is -0.228. The molecular formula is C19H16N8O. The van der Waals surface area contributed by atoms with Gasteiger partial charge in [-0.1, -0.05) is 0 Å². The van der Waals surface area contributed by atoms with Crippen LogP contribution in [0.1, 0.15) is 5.82 Å². The first-order valence-electron chi connectivity index (χ1n) is 8.52. The van der Waals surface area contributed by atoms with Gasteiger partial charge in [0.25, 0.3) is 0 Å². The highest BCUT2D eigenvalue weighted by Gasteiger charge is 2.09. The van der Waals surface area contributed by atoms with Crippen molar-refractivity contribution in [3.63, 3.8) is 0 Å². The number of anilines is 1. The molecule has 0 radical (unpaired) electrons. The predicted molar refractivity (Wildman–Crippen MR) is 102 cm³/mol. The quantitative estimate of drug-likeness (QED) is 0.571. The van der Waals surface area contributed by atoms with Crippen molar-refractivity contribution in [2.75, 3.05) is 5.32 Å². The Morgan fingerprint density at radius 2 is 1.89 bits per heavy atom. The summed E-state index contributed by atoms with van der Waals surface area (Å²) < 4.78 is 1.55. The van der Waals surface area contributed by atoms with Gasteiger partial charge >= 0.3 is 0 Å². The van der Waals surface area contributed by atoms with Gasteiger partial charge in [-0.15, -0.1) is 0 Å². The van der Waals surface area contributed by atoms with Crippen LogP contribution in [0, 0.1) is 6.92 Å². The van der Waals surface area contributed by atoms with E-state index in [0.717, 1.165) is 22.5 Å². The normalized spacial score (nSPS) is 10.6. The van der Waals surface area contributed by atoms with E-state index in [0.29, 0.717) is 11.6 Å². The van der Waals surface area contributed by atoms with Crippen LogP contribution < -0.4 is 5.32 Å². The summed E-state index contributed by atoms with van der Waals surface area (Å²) in [6.45, 7) is 1.89. The van der Waals surface area contributed by atoms with Crippen molar-refractivity contribution in [2.45, 2.75) is 13.5 Å². The second kappa shape index (κ2) is 7.70. The zero-order chi connectivity index (χ0) is 19.3. The summed E-state index contributed by atoms with van der Waals surface area (Å²) >= 11 is 0. The van der Waals surface area contributed by atoms with Gasteiger partial charge in [0.15, 0.2) is 0 Å². The third-order valence-electron chi connectivity index (χ3n) is 3.90. The smallest absolute Gasteiger partial charge is 0.247 e. The molecule has 0 aliphatic heterocycles. The Labute approximate surface area is 160 Å². The maximum atomic E-state index is 12.3. The summed E-state index contributed by atoms with van der Waals surface area (Å²) in [6, 6.07) is 5.35. The van der Waals surface area contributed by atoms with Gasteiger partial charge in [-0.3, -0.25) is 19.4 Å². The Hall–Kier alpha value is -4.01. The lowest BCUT2D eigenvalue weighted by molar-refractivity contribution is -0.116. The summed E-state index contributed by atoms with van der Waals surface area (Å²) in [5.74, 6) is 0.906. The molecule has 0 bridgehead atoms. The highest BCUT2D eigenvalue weighted by molar-refractivity contribution is 5.89. The molecule has 0 aromatic carbocycles. The lowest BCUT2D eigenvalue weighted by Crippen LogP contribution is -2.19. The van der Waals surface area contributed by atoms with Crippen LogP contribution in [0.3, 0.4) is 0 Å². The van der Waals surface area contributed by atoms with Crippen LogP contribution in [-0.2, 0) is 11.3 Å². The molecule has 4 aromatic rings. The van der Waals surface area contributed by atoms with Gasteiger partial charge in [-0.2, -0.15) is 5.10 Å². The molecule has 0 aliphatic carbocycles. The Balaban J connectivity index is 1.39. The molecule has 138 valence electrons. The molecule has 0 spiro atoms. The molecule has 4 heterocycles. The minimum Gasteiger partial charge on any atom is -0.309 e. The molecule has 0 atom stereocenters. The largest absolute Gasteiger partial charge is 0.309 e. The fourth-order valence-corrected chi connectivity index (χ4v) is 2.60. The van der Waals surface area contributed by atoms with E-state index in [1.54, 1.807) is 60.2 Å². The van der Waals surface area contributed by atoms with Crippen molar-refractivity contribution < 1.29 is 4.79 Å². The van der Waals surface area contributed by atoms with Gasteiger partial charge in [0.05, 0.1) is 23.8 Å². The zero-order valence-electron chi connectivity index (χ0n) is 15.0. The third kappa shape index (κ3) is 4.04. The molecule has 28 heavy (non-hydrogen) atoms. The van der Waals surface area contributed by atoms with E-state index < -0.39 is 0 Å². The average Bonchev–Trinajstić information content (AvgIpc) is 3.17. The van der Waals surface area contributed by atoms with Crippen LogP contribution in [0.5, 0.6) is 0 Å². The molecule has 0 saturated carbocycles. The zero-order valence-corrected chi connectivity index (χ0v) is 15.0. The van der Waals surface area contributed by atoms with Crippen LogP contribution >= 0.6 is 0 Å². The molecule has 1 N–H and O–H groups in total. The molecule has 9 heteroatoms. The Kier molecular flexibility index (Phi) is 4.79. The standard InChI is InChI=1S/C19H16N8O/c1-13-21-5-4-16(25-13)15-9-24-27(11-15)12-19(28)26-18-3-2-14(8-23-18)17-10-20-6-7-22-17/h2-11H,12H2,1H3,(H,23,26,28). The van der Waals surface area contributed by atoms with Crippen molar-refractivity contribution in [3.8, 4) is 22.5 Å². The summed E-state index contributed by atoms with van der Waals surface area (Å²) in [5, 5.41) is 6.97. The van der Waals surface area contributed by atoms with Crippen LogP contribution in [0.25, 0.3) is 22.5 Å². The topological polar surface area (TPSA) is 111 Å². The fourth-order valence-electron chi connectivity index (χ4n) is 2.60. The fraction of sp³-hybridized carbons (Fsp3) is 0.105. The van der Waals surface area contributed by atoms with Crippen LogP contribution in [0.4, 0.5) is 5.82 Å². The summed E-state index contributed by atoms with van der Waals surface area (Å²) in [5.41, 5.74) is 3.13.